The van der Waals surface area contributed by atoms with Gasteiger partial charge in [0.15, 0.2) is 6.61 Å². The molecule has 0 saturated heterocycles. The highest BCUT2D eigenvalue weighted by Crippen LogP contribution is 2.16. The summed E-state index contributed by atoms with van der Waals surface area (Å²) in [5, 5.41) is 7.27. The first-order valence-electron chi connectivity index (χ1n) is 8.62. The molecule has 0 aliphatic heterocycles. The molecule has 3 rings (SSSR count). The molecule has 2 N–H and O–H groups in total. The van der Waals surface area contributed by atoms with Gasteiger partial charge in [0.1, 0.15) is 5.75 Å². The molecule has 0 heterocycles. The van der Waals surface area contributed by atoms with Gasteiger partial charge in [0.05, 0.1) is 6.21 Å². The first-order valence-corrected chi connectivity index (χ1v) is 8.62. The van der Waals surface area contributed by atoms with Gasteiger partial charge < -0.3 is 10.1 Å². The molecule has 136 valence electrons. The van der Waals surface area contributed by atoms with Crippen molar-refractivity contribution in [1.82, 2.24) is 5.43 Å². The van der Waals surface area contributed by atoms with Crippen LogP contribution in [-0.2, 0) is 4.79 Å². The number of anilines is 2. The summed E-state index contributed by atoms with van der Waals surface area (Å²) in [6.45, 7) is 1.89. The molecule has 0 aromatic heterocycles. The van der Waals surface area contributed by atoms with E-state index in [4.69, 9.17) is 4.74 Å². The van der Waals surface area contributed by atoms with Crippen molar-refractivity contribution < 1.29 is 9.53 Å². The van der Waals surface area contributed by atoms with Gasteiger partial charge in [-0.05, 0) is 54.4 Å². The molecule has 27 heavy (non-hydrogen) atoms. The van der Waals surface area contributed by atoms with Crippen molar-refractivity contribution in [3.8, 4) is 5.75 Å². The standard InChI is InChI=1S/C22H21N3O2/c1-17-6-5-9-21(14-17)27-16-22(26)25-23-15-18-10-12-20(13-11-18)24-19-7-3-2-4-8-19/h2-15,24H,16H2,1H3,(H,25,26)/b23-15-. The summed E-state index contributed by atoms with van der Waals surface area (Å²) in [6, 6.07) is 25.2. The minimum atomic E-state index is -0.310. The minimum absolute atomic E-state index is 0.0826. The van der Waals surface area contributed by atoms with Crippen molar-refractivity contribution in [3.63, 3.8) is 0 Å². The number of hydrazone groups is 1. The van der Waals surface area contributed by atoms with Gasteiger partial charge in [-0.15, -0.1) is 0 Å². The van der Waals surface area contributed by atoms with Crippen LogP contribution in [0.2, 0.25) is 0 Å². The van der Waals surface area contributed by atoms with Crippen LogP contribution in [0.1, 0.15) is 11.1 Å². The Labute approximate surface area is 158 Å². The van der Waals surface area contributed by atoms with Crippen molar-refractivity contribution in [2.45, 2.75) is 6.92 Å². The number of ether oxygens (including phenoxy) is 1. The van der Waals surface area contributed by atoms with Gasteiger partial charge in [-0.1, -0.05) is 42.5 Å². The van der Waals surface area contributed by atoms with E-state index < -0.39 is 0 Å². The average molecular weight is 359 g/mol. The van der Waals surface area contributed by atoms with Crippen LogP contribution in [0.5, 0.6) is 5.75 Å². The largest absolute Gasteiger partial charge is 0.484 e. The van der Waals surface area contributed by atoms with Crippen LogP contribution in [-0.4, -0.2) is 18.7 Å². The molecule has 0 radical (unpaired) electrons. The molecule has 3 aromatic rings. The Balaban J connectivity index is 1.45. The third-order valence-corrected chi connectivity index (χ3v) is 3.74. The van der Waals surface area contributed by atoms with Gasteiger partial charge in [0.2, 0.25) is 0 Å². The molecule has 0 aliphatic rings. The Kier molecular flexibility index (Phi) is 6.20. The number of hydrogen-bond donors (Lipinski definition) is 2. The normalized spacial score (nSPS) is 10.6. The Hall–Kier alpha value is -3.60. The number of nitrogens with zero attached hydrogens (tertiary/aromatic N) is 1. The molecule has 0 saturated carbocycles. The van der Waals surface area contributed by atoms with E-state index in [2.05, 4.69) is 15.8 Å². The van der Waals surface area contributed by atoms with Crippen LogP contribution < -0.4 is 15.5 Å². The molecule has 5 heteroatoms. The van der Waals surface area contributed by atoms with Gasteiger partial charge >= 0.3 is 0 Å². The summed E-state index contributed by atoms with van der Waals surface area (Å²) < 4.78 is 5.43. The first-order chi connectivity index (χ1) is 13.2. The highest BCUT2D eigenvalue weighted by molar-refractivity contribution is 5.83. The number of para-hydroxylation sites is 1. The van der Waals surface area contributed by atoms with Gasteiger partial charge in [-0.2, -0.15) is 5.10 Å². The van der Waals surface area contributed by atoms with Crippen LogP contribution in [0, 0.1) is 6.92 Å². The van der Waals surface area contributed by atoms with E-state index in [1.54, 1.807) is 6.21 Å². The van der Waals surface area contributed by atoms with Crippen LogP contribution in [0.4, 0.5) is 11.4 Å². The van der Waals surface area contributed by atoms with E-state index in [-0.39, 0.29) is 12.5 Å². The van der Waals surface area contributed by atoms with E-state index in [9.17, 15) is 4.79 Å². The van der Waals surface area contributed by atoms with E-state index in [0.29, 0.717) is 5.75 Å². The van der Waals surface area contributed by atoms with Crippen molar-refractivity contribution in [2.75, 3.05) is 11.9 Å². The van der Waals surface area contributed by atoms with E-state index in [1.165, 1.54) is 0 Å². The maximum absolute atomic E-state index is 11.8. The maximum Gasteiger partial charge on any atom is 0.277 e. The molecule has 0 spiro atoms. The number of benzene rings is 3. The zero-order valence-electron chi connectivity index (χ0n) is 15.1. The lowest BCUT2D eigenvalue weighted by atomic mass is 10.2. The van der Waals surface area contributed by atoms with Crippen LogP contribution in [0.15, 0.2) is 84.0 Å². The van der Waals surface area contributed by atoms with Crippen molar-refractivity contribution in [2.24, 2.45) is 5.10 Å². The Morgan fingerprint density at radius 2 is 1.70 bits per heavy atom. The summed E-state index contributed by atoms with van der Waals surface area (Å²) in [6.07, 6.45) is 1.59. The van der Waals surface area contributed by atoms with Crippen LogP contribution in [0.3, 0.4) is 0 Å². The van der Waals surface area contributed by atoms with Crippen molar-refractivity contribution in [1.29, 1.82) is 0 Å². The summed E-state index contributed by atoms with van der Waals surface area (Å²) in [7, 11) is 0. The first kappa shape index (κ1) is 18.2. The van der Waals surface area contributed by atoms with Gasteiger partial charge in [-0.3, -0.25) is 4.79 Å². The molecule has 0 unspecified atom stereocenters. The molecule has 0 bridgehead atoms. The number of aryl methyl sites for hydroxylation is 1. The second kappa shape index (κ2) is 9.20. The fourth-order valence-corrected chi connectivity index (χ4v) is 2.41. The monoisotopic (exact) mass is 359 g/mol. The molecule has 1 amide bonds. The Morgan fingerprint density at radius 1 is 0.963 bits per heavy atom. The summed E-state index contributed by atoms with van der Waals surface area (Å²) in [5.74, 6) is 0.353. The molecule has 0 atom stereocenters. The number of carbonyl (C=O) groups is 1. The van der Waals surface area contributed by atoms with Crippen molar-refractivity contribution in [3.05, 3.63) is 90.0 Å². The second-order valence-electron chi connectivity index (χ2n) is 6.01. The second-order valence-corrected chi connectivity index (χ2v) is 6.01. The highest BCUT2D eigenvalue weighted by atomic mass is 16.5. The third kappa shape index (κ3) is 6.01. The van der Waals surface area contributed by atoms with Crippen molar-refractivity contribution >= 4 is 23.5 Å². The summed E-state index contributed by atoms with van der Waals surface area (Å²) >= 11 is 0. The van der Waals surface area contributed by atoms with E-state index in [0.717, 1.165) is 22.5 Å². The Bertz CT molecular complexity index is 906. The number of nitrogens with one attached hydrogen (secondary N) is 2. The zero-order valence-corrected chi connectivity index (χ0v) is 15.1. The van der Waals surface area contributed by atoms with E-state index >= 15 is 0 Å². The third-order valence-electron chi connectivity index (χ3n) is 3.74. The fourth-order valence-electron chi connectivity index (χ4n) is 2.41. The number of rotatable bonds is 7. The van der Waals surface area contributed by atoms with Gasteiger partial charge in [-0.25, -0.2) is 5.43 Å². The molecule has 0 fully saturated rings. The SMILES string of the molecule is Cc1cccc(OCC(=O)N/N=C\c2ccc(Nc3ccccc3)cc2)c1. The van der Waals surface area contributed by atoms with Crippen LogP contribution in [0.25, 0.3) is 0 Å². The molecule has 3 aromatic carbocycles. The van der Waals surface area contributed by atoms with E-state index in [1.807, 2.05) is 85.8 Å². The predicted octanol–water partition coefficient (Wildman–Crippen LogP) is 4.27. The van der Waals surface area contributed by atoms with Crippen LogP contribution >= 0.6 is 0 Å². The molecular weight excluding hydrogens is 338 g/mol. The molecule has 0 aliphatic carbocycles. The number of carbonyl (C=O) groups excluding carboxylic acids is 1. The zero-order chi connectivity index (χ0) is 18.9. The number of amides is 1. The smallest absolute Gasteiger partial charge is 0.277 e. The lowest BCUT2D eigenvalue weighted by Crippen LogP contribution is -2.24. The quantitative estimate of drug-likeness (QED) is 0.489. The number of hydrogen-bond acceptors (Lipinski definition) is 4. The van der Waals surface area contributed by atoms with Gasteiger partial charge in [0.25, 0.3) is 5.91 Å². The lowest BCUT2D eigenvalue weighted by molar-refractivity contribution is -0.123. The predicted molar refractivity (Wildman–Crippen MR) is 109 cm³/mol. The highest BCUT2D eigenvalue weighted by Gasteiger charge is 2.01. The Morgan fingerprint density at radius 3 is 2.44 bits per heavy atom. The topological polar surface area (TPSA) is 62.7 Å². The fraction of sp³-hybridized carbons (Fsp3) is 0.0909. The summed E-state index contributed by atoms with van der Waals surface area (Å²) in [5.41, 5.74) is 6.43. The average Bonchev–Trinajstić information content (AvgIpc) is 2.69. The summed E-state index contributed by atoms with van der Waals surface area (Å²) in [4.78, 5) is 11.8. The lowest BCUT2D eigenvalue weighted by Gasteiger charge is -2.06. The maximum atomic E-state index is 11.8. The van der Waals surface area contributed by atoms with Gasteiger partial charge in [0, 0.05) is 11.4 Å². The molecule has 5 nitrogen and oxygen atoms in total. The minimum Gasteiger partial charge on any atom is -0.484 e. The molecular formula is C22H21N3O2.